The standard InChI is InChI=1S/C17H24N4O3/c1-13-16(3-2-8-18-13)20-9-4-14(5-10-20)19-24-15-6-11-21(12-7-15)17(22)23/h2-4,8,15,19H,5-7,9-12H2,1H3,(H,22,23). The number of piperidine rings is 1. The number of carbonyl (C=O) groups is 1. The maximum atomic E-state index is 10.9. The van der Waals surface area contributed by atoms with Crippen molar-refractivity contribution in [2.45, 2.75) is 32.3 Å². The number of amides is 1. The van der Waals surface area contributed by atoms with E-state index in [1.165, 1.54) is 10.6 Å². The predicted molar refractivity (Wildman–Crippen MR) is 90.7 cm³/mol. The minimum absolute atomic E-state index is 0.0695. The Morgan fingerprint density at radius 1 is 1.38 bits per heavy atom. The molecule has 7 nitrogen and oxygen atoms in total. The molecule has 24 heavy (non-hydrogen) atoms. The van der Waals surface area contributed by atoms with Gasteiger partial charge in [0.25, 0.3) is 0 Å². The van der Waals surface area contributed by atoms with Crippen molar-refractivity contribution >= 4 is 11.8 Å². The quantitative estimate of drug-likeness (QED) is 0.823. The van der Waals surface area contributed by atoms with E-state index in [4.69, 9.17) is 9.94 Å². The maximum Gasteiger partial charge on any atom is 0.407 e. The van der Waals surface area contributed by atoms with Gasteiger partial charge in [-0.3, -0.25) is 15.3 Å². The van der Waals surface area contributed by atoms with Gasteiger partial charge in [-0.1, -0.05) is 0 Å². The molecule has 0 radical (unpaired) electrons. The lowest BCUT2D eigenvalue weighted by Gasteiger charge is -2.32. The Labute approximate surface area is 141 Å². The Kier molecular flexibility index (Phi) is 5.20. The monoisotopic (exact) mass is 332 g/mol. The van der Waals surface area contributed by atoms with Crippen LogP contribution in [0.2, 0.25) is 0 Å². The van der Waals surface area contributed by atoms with Crippen molar-refractivity contribution in [1.82, 2.24) is 15.4 Å². The Morgan fingerprint density at radius 2 is 2.17 bits per heavy atom. The van der Waals surface area contributed by atoms with Gasteiger partial charge in [0.2, 0.25) is 0 Å². The van der Waals surface area contributed by atoms with Gasteiger partial charge in [0.1, 0.15) is 0 Å². The van der Waals surface area contributed by atoms with Crippen molar-refractivity contribution in [3.05, 3.63) is 35.8 Å². The number of nitrogens with zero attached hydrogens (tertiary/aromatic N) is 3. The summed E-state index contributed by atoms with van der Waals surface area (Å²) in [6.07, 6.45) is 5.53. The highest BCUT2D eigenvalue weighted by molar-refractivity contribution is 5.65. The summed E-state index contributed by atoms with van der Waals surface area (Å²) >= 11 is 0. The summed E-state index contributed by atoms with van der Waals surface area (Å²) in [5, 5.41) is 8.95. The average molecular weight is 332 g/mol. The Hall–Kier alpha value is -2.28. The molecular formula is C17H24N4O3. The molecule has 1 amide bonds. The molecule has 1 aromatic rings. The van der Waals surface area contributed by atoms with Gasteiger partial charge in [0, 0.05) is 44.5 Å². The van der Waals surface area contributed by atoms with Crippen LogP contribution in [0.4, 0.5) is 10.5 Å². The summed E-state index contributed by atoms with van der Waals surface area (Å²) in [6.45, 7) is 4.85. The zero-order valence-electron chi connectivity index (χ0n) is 13.9. The Bertz CT molecular complexity index is 612. The van der Waals surface area contributed by atoms with Gasteiger partial charge in [-0.25, -0.2) is 4.79 Å². The molecule has 0 spiro atoms. The predicted octanol–water partition coefficient (Wildman–Crippen LogP) is 2.15. The van der Waals surface area contributed by atoms with E-state index in [9.17, 15) is 4.79 Å². The fourth-order valence-corrected chi connectivity index (χ4v) is 3.11. The first-order valence-corrected chi connectivity index (χ1v) is 8.38. The van der Waals surface area contributed by atoms with E-state index in [2.05, 4.69) is 27.5 Å². The Balaban J connectivity index is 1.45. The molecule has 0 aliphatic carbocycles. The van der Waals surface area contributed by atoms with Crippen molar-refractivity contribution < 1.29 is 14.7 Å². The molecule has 3 rings (SSSR count). The second-order valence-corrected chi connectivity index (χ2v) is 6.22. The van der Waals surface area contributed by atoms with Crippen molar-refractivity contribution in [2.75, 3.05) is 31.1 Å². The first-order valence-electron chi connectivity index (χ1n) is 8.38. The van der Waals surface area contributed by atoms with Crippen LogP contribution in [0.1, 0.15) is 25.0 Å². The second-order valence-electron chi connectivity index (χ2n) is 6.22. The van der Waals surface area contributed by atoms with Gasteiger partial charge >= 0.3 is 6.09 Å². The van der Waals surface area contributed by atoms with Gasteiger partial charge in [-0.05, 0) is 38.0 Å². The highest BCUT2D eigenvalue weighted by Gasteiger charge is 2.23. The summed E-state index contributed by atoms with van der Waals surface area (Å²) in [5.41, 5.74) is 6.39. The first kappa shape index (κ1) is 16.6. The van der Waals surface area contributed by atoms with Crippen LogP contribution in [0.15, 0.2) is 30.1 Å². The number of hydroxylamine groups is 1. The molecule has 130 valence electrons. The third-order valence-electron chi connectivity index (χ3n) is 4.60. The van der Waals surface area contributed by atoms with Gasteiger partial charge < -0.3 is 14.9 Å². The van der Waals surface area contributed by atoms with Crippen molar-refractivity contribution in [3.8, 4) is 0 Å². The molecule has 0 unspecified atom stereocenters. The Morgan fingerprint density at radius 3 is 2.79 bits per heavy atom. The van der Waals surface area contributed by atoms with Crippen LogP contribution in [0, 0.1) is 6.92 Å². The molecule has 3 heterocycles. The lowest BCUT2D eigenvalue weighted by molar-refractivity contribution is -0.0386. The van der Waals surface area contributed by atoms with Crippen molar-refractivity contribution in [2.24, 2.45) is 0 Å². The maximum absolute atomic E-state index is 10.9. The molecule has 0 aromatic carbocycles. The number of aryl methyl sites for hydroxylation is 1. The molecule has 2 aliphatic rings. The number of likely N-dealkylation sites (tertiary alicyclic amines) is 1. The van der Waals surface area contributed by atoms with Crippen LogP contribution >= 0.6 is 0 Å². The van der Waals surface area contributed by atoms with Gasteiger partial charge in [-0.2, -0.15) is 0 Å². The molecule has 2 N–H and O–H groups in total. The van der Waals surface area contributed by atoms with Crippen molar-refractivity contribution in [1.29, 1.82) is 0 Å². The topological polar surface area (TPSA) is 77.9 Å². The lowest BCUT2D eigenvalue weighted by Crippen LogP contribution is -2.42. The highest BCUT2D eigenvalue weighted by Crippen LogP contribution is 2.21. The fourth-order valence-electron chi connectivity index (χ4n) is 3.11. The van der Waals surface area contributed by atoms with E-state index in [1.807, 2.05) is 19.2 Å². The van der Waals surface area contributed by atoms with Gasteiger partial charge in [-0.15, -0.1) is 0 Å². The second kappa shape index (κ2) is 7.53. The largest absolute Gasteiger partial charge is 0.465 e. The summed E-state index contributed by atoms with van der Waals surface area (Å²) in [6, 6.07) is 4.06. The lowest BCUT2D eigenvalue weighted by atomic mass is 10.1. The van der Waals surface area contributed by atoms with E-state index in [0.717, 1.165) is 43.7 Å². The van der Waals surface area contributed by atoms with E-state index in [-0.39, 0.29) is 6.10 Å². The first-order chi connectivity index (χ1) is 11.6. The summed E-state index contributed by atoms with van der Waals surface area (Å²) < 4.78 is 0. The number of hydrogen-bond donors (Lipinski definition) is 2. The minimum atomic E-state index is -0.845. The number of anilines is 1. The van der Waals surface area contributed by atoms with Crippen molar-refractivity contribution in [3.63, 3.8) is 0 Å². The SMILES string of the molecule is Cc1ncccc1N1CC=C(NOC2CCN(C(=O)O)CC2)CC1. The molecule has 0 bridgehead atoms. The van der Waals surface area contributed by atoms with Crippen LogP contribution in [0.5, 0.6) is 0 Å². The van der Waals surface area contributed by atoms with Crippen LogP contribution in [0.3, 0.4) is 0 Å². The number of aromatic nitrogens is 1. The molecule has 1 fully saturated rings. The van der Waals surface area contributed by atoms with Crippen LogP contribution in [-0.4, -0.2) is 53.4 Å². The van der Waals surface area contributed by atoms with Crippen LogP contribution in [0.25, 0.3) is 0 Å². The summed E-state index contributed by atoms with van der Waals surface area (Å²) in [7, 11) is 0. The average Bonchev–Trinajstić information content (AvgIpc) is 2.61. The normalized spacial score (nSPS) is 19.1. The zero-order valence-corrected chi connectivity index (χ0v) is 13.9. The minimum Gasteiger partial charge on any atom is -0.465 e. The third kappa shape index (κ3) is 3.97. The van der Waals surface area contributed by atoms with Crippen LogP contribution < -0.4 is 10.4 Å². The molecule has 0 atom stereocenters. The molecule has 0 saturated carbocycles. The molecule has 7 heteroatoms. The molecule has 1 aromatic heterocycles. The molecule has 2 aliphatic heterocycles. The van der Waals surface area contributed by atoms with E-state index < -0.39 is 6.09 Å². The summed E-state index contributed by atoms with van der Waals surface area (Å²) in [4.78, 5) is 24.7. The van der Waals surface area contributed by atoms with Crippen LogP contribution in [-0.2, 0) is 4.84 Å². The molecular weight excluding hydrogens is 308 g/mol. The van der Waals surface area contributed by atoms with E-state index >= 15 is 0 Å². The van der Waals surface area contributed by atoms with Gasteiger partial charge in [0.05, 0.1) is 17.5 Å². The number of nitrogens with one attached hydrogen (secondary N) is 1. The number of pyridine rings is 1. The third-order valence-corrected chi connectivity index (χ3v) is 4.60. The highest BCUT2D eigenvalue weighted by atomic mass is 16.7. The number of hydrogen-bond acceptors (Lipinski definition) is 5. The van der Waals surface area contributed by atoms with E-state index in [1.54, 1.807) is 0 Å². The van der Waals surface area contributed by atoms with Gasteiger partial charge in [0.15, 0.2) is 0 Å². The van der Waals surface area contributed by atoms with E-state index in [0.29, 0.717) is 13.1 Å². The number of carboxylic acid groups (broad SMARTS) is 1. The number of rotatable bonds is 4. The fraction of sp³-hybridized carbons (Fsp3) is 0.529. The smallest absolute Gasteiger partial charge is 0.407 e. The zero-order chi connectivity index (χ0) is 16.9. The molecule has 1 saturated heterocycles. The summed E-state index contributed by atoms with van der Waals surface area (Å²) in [5.74, 6) is 0.